The van der Waals surface area contributed by atoms with Gasteiger partial charge in [-0.15, -0.1) is 11.6 Å². The molecule has 2 aliphatic carbocycles. The second kappa shape index (κ2) is 3.52. The minimum atomic E-state index is 0.265. The Morgan fingerprint density at radius 1 is 1.13 bits per heavy atom. The van der Waals surface area contributed by atoms with Crippen LogP contribution in [0.5, 0.6) is 0 Å². The van der Waals surface area contributed by atoms with Gasteiger partial charge in [-0.25, -0.2) is 0 Å². The quantitative estimate of drug-likeness (QED) is 0.652. The van der Waals surface area contributed by atoms with E-state index >= 15 is 0 Å². The second-order valence-electron chi connectivity index (χ2n) is 5.15. The molecule has 0 heterocycles. The van der Waals surface area contributed by atoms with E-state index in [9.17, 15) is 0 Å². The van der Waals surface area contributed by atoms with Gasteiger partial charge in [-0.2, -0.15) is 0 Å². The topological polar surface area (TPSA) is 0 Å². The van der Waals surface area contributed by atoms with Crippen LogP contribution in [0.3, 0.4) is 0 Å². The minimum absolute atomic E-state index is 0.265. The van der Waals surface area contributed by atoms with Crippen LogP contribution in [-0.2, 0) is 0 Å². The van der Waals surface area contributed by atoms with Crippen molar-refractivity contribution >= 4 is 11.6 Å². The number of rotatable bonds is 2. The molecular formula is C14H17Cl. The van der Waals surface area contributed by atoms with Crippen LogP contribution in [0.2, 0.25) is 0 Å². The monoisotopic (exact) mass is 220 g/mol. The summed E-state index contributed by atoms with van der Waals surface area (Å²) >= 11 is 6.56. The van der Waals surface area contributed by atoms with Crippen molar-refractivity contribution in [1.82, 2.24) is 0 Å². The first-order valence-corrected chi connectivity index (χ1v) is 6.41. The van der Waals surface area contributed by atoms with Crippen molar-refractivity contribution in [1.29, 1.82) is 0 Å². The molecule has 2 saturated carbocycles. The lowest BCUT2D eigenvalue weighted by atomic mass is 10.0. The molecule has 2 aliphatic rings. The van der Waals surface area contributed by atoms with E-state index in [1.807, 2.05) is 0 Å². The fraction of sp³-hybridized carbons (Fsp3) is 0.571. The van der Waals surface area contributed by atoms with Crippen LogP contribution in [0, 0.1) is 24.7 Å². The van der Waals surface area contributed by atoms with Crippen molar-refractivity contribution in [3.8, 4) is 0 Å². The highest BCUT2D eigenvalue weighted by Gasteiger charge is 2.55. The van der Waals surface area contributed by atoms with Crippen molar-refractivity contribution in [2.45, 2.75) is 31.6 Å². The Morgan fingerprint density at radius 2 is 1.73 bits per heavy atom. The van der Waals surface area contributed by atoms with E-state index in [1.165, 1.54) is 30.4 Å². The Kier molecular flexibility index (Phi) is 2.28. The zero-order chi connectivity index (χ0) is 10.4. The maximum absolute atomic E-state index is 6.56. The molecule has 80 valence electrons. The number of benzene rings is 1. The molecule has 3 unspecified atom stereocenters. The summed E-state index contributed by atoms with van der Waals surface area (Å²) in [5.74, 6) is 2.69. The molecule has 2 fully saturated rings. The van der Waals surface area contributed by atoms with Gasteiger partial charge in [-0.3, -0.25) is 0 Å². The minimum Gasteiger partial charge on any atom is -0.117 e. The van der Waals surface area contributed by atoms with E-state index < -0.39 is 0 Å². The predicted octanol–water partition coefficient (Wildman–Crippen LogP) is 4.32. The third-order valence-electron chi connectivity index (χ3n) is 4.21. The van der Waals surface area contributed by atoms with Crippen molar-refractivity contribution < 1.29 is 0 Å². The molecule has 15 heavy (non-hydrogen) atoms. The van der Waals surface area contributed by atoms with Crippen LogP contribution < -0.4 is 0 Å². The van der Waals surface area contributed by atoms with Crippen LogP contribution in [-0.4, -0.2) is 0 Å². The van der Waals surface area contributed by atoms with Crippen molar-refractivity contribution in [3.63, 3.8) is 0 Å². The van der Waals surface area contributed by atoms with Crippen molar-refractivity contribution in [3.05, 3.63) is 35.4 Å². The Bertz CT molecular complexity index is 344. The van der Waals surface area contributed by atoms with Crippen molar-refractivity contribution in [2.75, 3.05) is 0 Å². The van der Waals surface area contributed by atoms with E-state index in [-0.39, 0.29) is 5.38 Å². The molecule has 0 aliphatic heterocycles. The standard InChI is InChI=1S/C14H17Cl/c1-9-5-7-10(8-6-9)14(15)13-11-3-2-4-12(11)13/h5-8,11-14H,2-4H2,1H3. The average Bonchev–Trinajstić information content (AvgIpc) is 2.72. The Hall–Kier alpha value is -0.490. The molecule has 0 bridgehead atoms. The molecule has 1 aromatic carbocycles. The van der Waals surface area contributed by atoms with E-state index in [2.05, 4.69) is 31.2 Å². The summed E-state index contributed by atoms with van der Waals surface area (Å²) < 4.78 is 0. The maximum atomic E-state index is 6.56. The van der Waals surface area contributed by atoms with Gasteiger partial charge in [0.25, 0.3) is 0 Å². The highest BCUT2D eigenvalue weighted by Crippen LogP contribution is 2.63. The number of alkyl halides is 1. The third-order valence-corrected chi connectivity index (χ3v) is 4.75. The van der Waals surface area contributed by atoms with Gasteiger partial charge in [0.2, 0.25) is 0 Å². The molecule has 0 nitrogen and oxygen atoms in total. The van der Waals surface area contributed by atoms with Gasteiger partial charge in [0.05, 0.1) is 5.38 Å². The zero-order valence-corrected chi connectivity index (χ0v) is 9.87. The summed E-state index contributed by atoms with van der Waals surface area (Å²) in [5.41, 5.74) is 2.64. The largest absolute Gasteiger partial charge is 0.117 e. The summed E-state index contributed by atoms with van der Waals surface area (Å²) in [5, 5.41) is 0.265. The first-order valence-electron chi connectivity index (χ1n) is 5.98. The molecule has 0 N–H and O–H groups in total. The number of halogens is 1. The van der Waals surface area contributed by atoms with Crippen LogP contribution in [0.25, 0.3) is 0 Å². The summed E-state index contributed by atoms with van der Waals surface area (Å²) in [7, 11) is 0. The number of aryl methyl sites for hydroxylation is 1. The number of hydrogen-bond donors (Lipinski definition) is 0. The lowest BCUT2D eigenvalue weighted by Gasteiger charge is -2.12. The van der Waals surface area contributed by atoms with Gasteiger partial charge in [0.1, 0.15) is 0 Å². The van der Waals surface area contributed by atoms with Crippen LogP contribution in [0.15, 0.2) is 24.3 Å². The lowest BCUT2D eigenvalue weighted by molar-refractivity contribution is 0.573. The average molecular weight is 221 g/mol. The summed E-state index contributed by atoms with van der Waals surface area (Å²) in [6.07, 6.45) is 4.28. The number of fused-ring (bicyclic) bond motifs is 1. The van der Waals surface area contributed by atoms with Crippen LogP contribution in [0.4, 0.5) is 0 Å². The first-order chi connectivity index (χ1) is 7.27. The van der Waals surface area contributed by atoms with Gasteiger partial charge in [-0.1, -0.05) is 36.2 Å². The molecule has 0 aromatic heterocycles. The molecule has 3 rings (SSSR count). The predicted molar refractivity (Wildman–Crippen MR) is 64.1 cm³/mol. The van der Waals surface area contributed by atoms with E-state index in [1.54, 1.807) is 0 Å². The van der Waals surface area contributed by atoms with Gasteiger partial charge < -0.3 is 0 Å². The first kappa shape index (κ1) is 9.72. The van der Waals surface area contributed by atoms with Crippen molar-refractivity contribution in [2.24, 2.45) is 17.8 Å². The van der Waals surface area contributed by atoms with Crippen LogP contribution >= 0.6 is 11.6 Å². The lowest BCUT2D eigenvalue weighted by Crippen LogP contribution is -1.98. The highest BCUT2D eigenvalue weighted by molar-refractivity contribution is 6.21. The fourth-order valence-corrected chi connectivity index (χ4v) is 3.80. The Balaban J connectivity index is 1.75. The summed E-state index contributed by atoms with van der Waals surface area (Å²) in [4.78, 5) is 0. The third kappa shape index (κ3) is 1.59. The van der Waals surface area contributed by atoms with E-state index in [0.717, 1.165) is 17.8 Å². The second-order valence-corrected chi connectivity index (χ2v) is 5.62. The molecule has 0 spiro atoms. The molecule has 1 heteroatoms. The highest BCUT2D eigenvalue weighted by atomic mass is 35.5. The maximum Gasteiger partial charge on any atom is 0.0618 e. The summed E-state index contributed by atoms with van der Waals surface area (Å²) in [6.45, 7) is 2.12. The molecule has 0 radical (unpaired) electrons. The normalized spacial score (nSPS) is 34.9. The van der Waals surface area contributed by atoms with E-state index in [0.29, 0.717) is 0 Å². The molecular weight excluding hydrogens is 204 g/mol. The number of hydrogen-bond acceptors (Lipinski definition) is 0. The van der Waals surface area contributed by atoms with Gasteiger partial charge in [0, 0.05) is 0 Å². The smallest absolute Gasteiger partial charge is 0.0618 e. The van der Waals surface area contributed by atoms with Gasteiger partial charge in [0.15, 0.2) is 0 Å². The van der Waals surface area contributed by atoms with Gasteiger partial charge in [-0.05, 0) is 43.1 Å². The molecule has 1 aromatic rings. The van der Waals surface area contributed by atoms with Crippen LogP contribution in [0.1, 0.15) is 35.8 Å². The Morgan fingerprint density at radius 3 is 2.33 bits per heavy atom. The molecule has 0 saturated heterocycles. The Labute approximate surface area is 96.6 Å². The van der Waals surface area contributed by atoms with E-state index in [4.69, 9.17) is 11.6 Å². The fourth-order valence-electron chi connectivity index (χ4n) is 3.28. The molecule has 3 atom stereocenters. The zero-order valence-electron chi connectivity index (χ0n) is 9.12. The van der Waals surface area contributed by atoms with Gasteiger partial charge >= 0.3 is 0 Å². The molecule has 0 amide bonds. The summed E-state index contributed by atoms with van der Waals surface area (Å²) in [6, 6.07) is 8.73. The SMILES string of the molecule is Cc1ccc(C(Cl)C2C3CCCC32)cc1.